The minimum atomic E-state index is 0. The lowest BCUT2D eigenvalue weighted by molar-refractivity contribution is -0.576. The average molecular weight is 261 g/mol. The van der Waals surface area contributed by atoms with Crippen LogP contribution in [0.4, 0.5) is 0 Å². The van der Waals surface area contributed by atoms with Crippen molar-refractivity contribution in [3.63, 3.8) is 0 Å². The van der Waals surface area contributed by atoms with Crippen LogP contribution >= 0.6 is 0 Å². The molecule has 1 rings (SSSR count). The van der Waals surface area contributed by atoms with Gasteiger partial charge < -0.3 is 24.0 Å². The Morgan fingerprint density at radius 1 is 1.55 bits per heavy atom. The van der Waals surface area contributed by atoms with E-state index < -0.39 is 0 Å². The molecule has 1 aromatic heterocycles. The van der Waals surface area contributed by atoms with E-state index >= 15 is 0 Å². The second kappa shape index (κ2) is 5.29. The van der Waals surface area contributed by atoms with Gasteiger partial charge in [-0.05, 0) is 6.58 Å². The van der Waals surface area contributed by atoms with Crippen molar-refractivity contribution in [3.05, 3.63) is 36.7 Å². The van der Waals surface area contributed by atoms with E-state index in [0.29, 0.717) is 0 Å². The number of hydrogen-bond acceptors (Lipinski definition) is 0. The second-order valence-electron chi connectivity index (χ2n) is 2.14. The molecule has 1 aromatic rings. The zero-order valence-corrected chi connectivity index (χ0v) is 8.78. The Morgan fingerprint density at radius 3 is 2.73 bits per heavy atom. The van der Waals surface area contributed by atoms with Crippen molar-refractivity contribution in [1.82, 2.24) is 0 Å². The van der Waals surface area contributed by atoms with Gasteiger partial charge in [0.15, 0.2) is 18.1 Å². The van der Waals surface area contributed by atoms with Crippen molar-refractivity contribution in [2.45, 2.75) is 13.3 Å². The van der Waals surface area contributed by atoms with Gasteiger partial charge in [0.25, 0.3) is 0 Å². The van der Waals surface area contributed by atoms with Gasteiger partial charge in [-0.3, -0.25) is 0 Å². The summed E-state index contributed by atoms with van der Waals surface area (Å²) in [6, 6.07) is 6.14. The van der Waals surface area contributed by atoms with E-state index in [1.165, 1.54) is 5.69 Å². The van der Waals surface area contributed by atoms with Crippen molar-refractivity contribution in [1.29, 1.82) is 0 Å². The lowest BCUT2D eigenvalue weighted by Crippen LogP contribution is -3.00. The summed E-state index contributed by atoms with van der Waals surface area (Å²) in [5, 5.41) is 0. The van der Waals surface area contributed by atoms with Gasteiger partial charge in [0, 0.05) is 18.6 Å². The van der Waals surface area contributed by atoms with Crippen LogP contribution in [0.2, 0.25) is 0 Å². The SMILES string of the molecule is C=C[n+]1ccccc1CC.[I-]. The summed E-state index contributed by atoms with van der Waals surface area (Å²) in [4.78, 5) is 0. The third kappa shape index (κ3) is 2.61. The first kappa shape index (κ1) is 10.6. The lowest BCUT2D eigenvalue weighted by atomic mass is 10.3. The quantitative estimate of drug-likeness (QED) is 0.457. The highest BCUT2D eigenvalue weighted by atomic mass is 127. The molecule has 0 N–H and O–H groups in total. The molecule has 2 heteroatoms. The fourth-order valence-corrected chi connectivity index (χ4v) is 0.969. The molecule has 1 nitrogen and oxygen atoms in total. The smallest absolute Gasteiger partial charge is 0.186 e. The number of pyridine rings is 1. The molecule has 0 amide bonds. The van der Waals surface area contributed by atoms with Crippen LogP contribution in [0.3, 0.4) is 0 Å². The molecule has 0 aliphatic carbocycles. The maximum Gasteiger partial charge on any atom is 0.186 e. The van der Waals surface area contributed by atoms with E-state index in [0.717, 1.165) is 6.42 Å². The fourth-order valence-electron chi connectivity index (χ4n) is 0.969. The van der Waals surface area contributed by atoms with Crippen LogP contribution in [-0.2, 0) is 6.42 Å². The number of nitrogens with zero attached hydrogens (tertiary/aromatic N) is 1. The summed E-state index contributed by atoms with van der Waals surface area (Å²) in [7, 11) is 0. The number of aryl methyl sites for hydroxylation is 1. The van der Waals surface area contributed by atoms with E-state index in [2.05, 4.69) is 19.6 Å². The molecular formula is C9H12IN. The first-order valence-electron chi connectivity index (χ1n) is 3.50. The van der Waals surface area contributed by atoms with Crippen LogP contribution in [0.5, 0.6) is 0 Å². The van der Waals surface area contributed by atoms with Crippen LogP contribution < -0.4 is 28.5 Å². The number of rotatable bonds is 2. The Bertz CT molecular complexity index is 233. The molecule has 0 spiro atoms. The fraction of sp³-hybridized carbons (Fsp3) is 0.222. The predicted octanol–water partition coefficient (Wildman–Crippen LogP) is -1.36. The van der Waals surface area contributed by atoms with E-state index in [-0.39, 0.29) is 24.0 Å². The number of aromatic nitrogens is 1. The van der Waals surface area contributed by atoms with Crippen molar-refractivity contribution >= 4 is 6.20 Å². The minimum absolute atomic E-state index is 0. The molecule has 0 saturated heterocycles. The maximum atomic E-state index is 3.70. The third-order valence-corrected chi connectivity index (χ3v) is 1.54. The molecule has 0 aliphatic rings. The molecule has 0 atom stereocenters. The molecule has 0 saturated carbocycles. The summed E-state index contributed by atoms with van der Waals surface area (Å²) in [5.74, 6) is 0. The predicted molar refractivity (Wildman–Crippen MR) is 42.4 cm³/mol. The Morgan fingerprint density at radius 2 is 2.27 bits per heavy atom. The van der Waals surface area contributed by atoms with Crippen LogP contribution in [-0.4, -0.2) is 0 Å². The second-order valence-corrected chi connectivity index (χ2v) is 2.14. The molecule has 0 aromatic carbocycles. The van der Waals surface area contributed by atoms with Gasteiger partial charge in [-0.1, -0.05) is 13.0 Å². The largest absolute Gasteiger partial charge is 1.00 e. The first-order valence-corrected chi connectivity index (χ1v) is 3.50. The summed E-state index contributed by atoms with van der Waals surface area (Å²) in [5.41, 5.74) is 1.29. The van der Waals surface area contributed by atoms with Gasteiger partial charge in [-0.25, -0.2) is 0 Å². The first-order chi connectivity index (χ1) is 4.88. The summed E-state index contributed by atoms with van der Waals surface area (Å²) in [6.07, 6.45) is 4.87. The highest BCUT2D eigenvalue weighted by Gasteiger charge is 2.00. The Balaban J connectivity index is 0.000001000. The lowest BCUT2D eigenvalue weighted by Gasteiger charge is -1.92. The summed E-state index contributed by atoms with van der Waals surface area (Å²) in [6.45, 7) is 5.84. The topological polar surface area (TPSA) is 3.88 Å². The highest BCUT2D eigenvalue weighted by molar-refractivity contribution is 5.04. The van der Waals surface area contributed by atoms with Gasteiger partial charge in [-0.15, -0.1) is 0 Å². The summed E-state index contributed by atoms with van der Waals surface area (Å²) >= 11 is 0. The van der Waals surface area contributed by atoms with Crippen molar-refractivity contribution in [3.8, 4) is 0 Å². The molecule has 1 heterocycles. The van der Waals surface area contributed by atoms with Gasteiger partial charge in [-0.2, -0.15) is 4.57 Å². The Hall–Kier alpha value is -0.380. The molecule has 0 aliphatic heterocycles. The van der Waals surface area contributed by atoms with E-state index in [9.17, 15) is 0 Å². The molecule has 0 fully saturated rings. The monoisotopic (exact) mass is 261 g/mol. The van der Waals surface area contributed by atoms with Gasteiger partial charge in [0.05, 0.1) is 0 Å². The molecule has 0 bridgehead atoms. The standard InChI is InChI=1S/C9H12N.HI/c1-3-9-7-5-6-8-10(9)4-2;/h4-8H,2-3H2,1H3;1H/q+1;/p-1. The molecular weight excluding hydrogens is 249 g/mol. The maximum absolute atomic E-state index is 3.70. The zero-order valence-electron chi connectivity index (χ0n) is 6.63. The highest BCUT2D eigenvalue weighted by Crippen LogP contribution is 1.91. The van der Waals surface area contributed by atoms with Gasteiger partial charge >= 0.3 is 0 Å². The van der Waals surface area contributed by atoms with Crippen molar-refractivity contribution in [2.24, 2.45) is 0 Å². The van der Waals surface area contributed by atoms with E-state index in [1.54, 1.807) is 0 Å². The van der Waals surface area contributed by atoms with Crippen LogP contribution in [0.1, 0.15) is 12.6 Å². The van der Waals surface area contributed by atoms with Crippen LogP contribution in [0.25, 0.3) is 6.20 Å². The third-order valence-electron chi connectivity index (χ3n) is 1.54. The molecule has 0 radical (unpaired) electrons. The molecule has 11 heavy (non-hydrogen) atoms. The van der Waals surface area contributed by atoms with Crippen LogP contribution in [0.15, 0.2) is 31.0 Å². The van der Waals surface area contributed by atoms with Crippen molar-refractivity contribution < 1.29 is 28.5 Å². The minimum Gasteiger partial charge on any atom is -1.00 e. The number of halogens is 1. The van der Waals surface area contributed by atoms with Gasteiger partial charge in [0.1, 0.15) is 0 Å². The van der Waals surface area contributed by atoms with E-state index in [1.807, 2.05) is 29.1 Å². The molecule has 0 unspecified atom stereocenters. The normalized spacial score (nSPS) is 8.45. The molecule has 60 valence electrons. The van der Waals surface area contributed by atoms with E-state index in [4.69, 9.17) is 0 Å². The Kier molecular flexibility index (Phi) is 5.11. The number of hydrogen-bond donors (Lipinski definition) is 0. The average Bonchev–Trinajstić information content (AvgIpc) is 2.04. The summed E-state index contributed by atoms with van der Waals surface area (Å²) < 4.78 is 2.03. The van der Waals surface area contributed by atoms with Crippen LogP contribution in [0, 0.1) is 0 Å². The van der Waals surface area contributed by atoms with Gasteiger partial charge in [0.2, 0.25) is 0 Å². The Labute approximate surface area is 84.8 Å². The van der Waals surface area contributed by atoms with Crippen molar-refractivity contribution in [2.75, 3.05) is 0 Å². The zero-order chi connectivity index (χ0) is 7.40.